The van der Waals surface area contributed by atoms with E-state index in [1.807, 2.05) is 6.07 Å². The first-order valence-electron chi connectivity index (χ1n) is 5.86. The van der Waals surface area contributed by atoms with Gasteiger partial charge in [-0.1, -0.05) is 23.2 Å². The molecule has 0 amide bonds. The van der Waals surface area contributed by atoms with Crippen molar-refractivity contribution in [1.82, 2.24) is 0 Å². The molecule has 21 heavy (non-hydrogen) atoms. The van der Waals surface area contributed by atoms with Crippen molar-refractivity contribution in [3.8, 4) is 6.07 Å². The Hall–Kier alpha value is -1.29. The van der Waals surface area contributed by atoms with Gasteiger partial charge in [-0.15, -0.1) is 0 Å². The van der Waals surface area contributed by atoms with E-state index in [4.69, 9.17) is 33.6 Å². The Morgan fingerprint density at radius 2 is 1.90 bits per heavy atom. The van der Waals surface area contributed by atoms with E-state index in [9.17, 15) is 13.2 Å². The first-order chi connectivity index (χ1) is 9.50. The highest BCUT2D eigenvalue weighted by Crippen LogP contribution is 2.31. The molecular weight excluding hydrogens is 337 g/mol. The molecule has 0 spiro atoms. The number of hydrogen-bond donors (Lipinski definition) is 1. The summed E-state index contributed by atoms with van der Waals surface area (Å²) in [5.74, 6) is -1.65. The number of hydrogen-bond acceptors (Lipinski definition) is 4. The number of sulfone groups is 1. The van der Waals surface area contributed by atoms with Crippen molar-refractivity contribution in [2.45, 2.75) is 25.2 Å². The summed E-state index contributed by atoms with van der Waals surface area (Å²) in [7, 11) is -3.81. The van der Waals surface area contributed by atoms with Gasteiger partial charge in [-0.3, -0.25) is 0 Å². The summed E-state index contributed by atoms with van der Waals surface area (Å²) in [5.41, 5.74) is -1.14. The molecule has 8 heteroatoms. The normalized spacial score (nSPS) is 12.0. The van der Waals surface area contributed by atoms with Gasteiger partial charge < -0.3 is 5.11 Å². The molecule has 0 aliphatic heterocycles. The average Bonchev–Trinajstić information content (AvgIpc) is 2.36. The van der Waals surface area contributed by atoms with Gasteiger partial charge in [0.2, 0.25) is 0 Å². The van der Waals surface area contributed by atoms with Crippen LogP contribution in [0.25, 0.3) is 0 Å². The summed E-state index contributed by atoms with van der Waals surface area (Å²) in [6.07, 6.45) is 0.104. The van der Waals surface area contributed by atoms with Crippen LogP contribution in [-0.2, 0) is 9.84 Å². The molecule has 114 valence electrons. The first kappa shape index (κ1) is 17.8. The van der Waals surface area contributed by atoms with Gasteiger partial charge in [-0.2, -0.15) is 5.26 Å². The second-order valence-electron chi connectivity index (χ2n) is 5.13. The van der Waals surface area contributed by atoms with Crippen LogP contribution in [0.15, 0.2) is 17.0 Å². The van der Waals surface area contributed by atoms with Crippen LogP contribution in [0.1, 0.15) is 30.6 Å². The molecule has 5 nitrogen and oxygen atoms in total. The number of carboxylic acids is 1. The van der Waals surface area contributed by atoms with Crippen molar-refractivity contribution >= 4 is 39.0 Å². The van der Waals surface area contributed by atoms with Gasteiger partial charge in [-0.05, 0) is 32.4 Å². The number of carbonyl (C=O) groups is 1. The van der Waals surface area contributed by atoms with Crippen LogP contribution in [0.2, 0.25) is 10.0 Å². The van der Waals surface area contributed by atoms with Gasteiger partial charge in [0.1, 0.15) is 0 Å². The highest BCUT2D eigenvalue weighted by Gasteiger charge is 2.26. The van der Waals surface area contributed by atoms with E-state index < -0.39 is 21.2 Å². The topological polar surface area (TPSA) is 95.2 Å². The zero-order chi connectivity index (χ0) is 16.4. The highest BCUT2D eigenvalue weighted by atomic mass is 35.5. The van der Waals surface area contributed by atoms with Crippen LogP contribution in [0.5, 0.6) is 0 Å². The fourth-order valence-electron chi connectivity index (χ4n) is 1.49. The molecule has 1 aromatic carbocycles. The van der Waals surface area contributed by atoms with Crippen molar-refractivity contribution < 1.29 is 18.3 Å². The fourth-order valence-corrected chi connectivity index (χ4v) is 3.96. The minimum Gasteiger partial charge on any atom is -0.478 e. The quantitative estimate of drug-likeness (QED) is 0.878. The van der Waals surface area contributed by atoms with Crippen molar-refractivity contribution in [3.05, 3.63) is 27.7 Å². The molecule has 0 aliphatic rings. The second-order valence-corrected chi connectivity index (χ2v) is 8.02. The van der Waals surface area contributed by atoms with Crippen LogP contribution >= 0.6 is 23.2 Å². The molecular formula is C13H13Cl2NO4S. The molecule has 0 radical (unpaired) electrons. The predicted octanol–water partition coefficient (Wildman–Crippen LogP) is 3.41. The molecule has 0 saturated carbocycles. The van der Waals surface area contributed by atoms with Gasteiger partial charge in [0.05, 0.1) is 37.7 Å². The third-order valence-corrected chi connectivity index (χ3v) is 5.37. The Morgan fingerprint density at radius 1 is 1.33 bits per heavy atom. The van der Waals surface area contributed by atoms with E-state index in [1.165, 1.54) is 0 Å². The monoisotopic (exact) mass is 349 g/mol. The summed E-state index contributed by atoms with van der Waals surface area (Å²) < 4.78 is 24.5. The molecule has 1 N–H and O–H groups in total. The zero-order valence-electron chi connectivity index (χ0n) is 11.4. The largest absolute Gasteiger partial charge is 0.478 e. The van der Waals surface area contributed by atoms with Gasteiger partial charge in [-0.25, -0.2) is 13.2 Å². The fraction of sp³-hybridized carbons (Fsp3) is 0.385. The van der Waals surface area contributed by atoms with E-state index in [-0.39, 0.29) is 32.7 Å². The van der Waals surface area contributed by atoms with Crippen molar-refractivity contribution in [2.24, 2.45) is 5.41 Å². The Kier molecular flexibility index (Phi) is 5.26. The number of rotatable bonds is 5. The lowest BCUT2D eigenvalue weighted by molar-refractivity contribution is 0.0697. The van der Waals surface area contributed by atoms with Gasteiger partial charge in [0.25, 0.3) is 0 Å². The number of aromatic carboxylic acids is 1. The Balaban J connectivity index is 3.24. The molecule has 0 unspecified atom stereocenters. The van der Waals surface area contributed by atoms with E-state index in [2.05, 4.69) is 0 Å². The van der Waals surface area contributed by atoms with Crippen LogP contribution in [0, 0.1) is 16.7 Å². The summed E-state index contributed by atoms with van der Waals surface area (Å²) >= 11 is 11.6. The average molecular weight is 350 g/mol. The molecule has 0 fully saturated rings. The van der Waals surface area contributed by atoms with Crippen LogP contribution < -0.4 is 0 Å². The third-order valence-electron chi connectivity index (χ3n) is 2.89. The maximum atomic E-state index is 12.3. The van der Waals surface area contributed by atoms with E-state index in [0.717, 1.165) is 12.1 Å². The minimum absolute atomic E-state index is 0.104. The molecule has 0 bridgehead atoms. The lowest BCUT2D eigenvalue weighted by Crippen LogP contribution is -2.17. The second kappa shape index (κ2) is 6.22. The standard InChI is InChI=1S/C13H13Cl2NO4S/c1-13(2,7-16)3-4-21(19,20)11-5-8(12(17)18)9(14)6-10(11)15/h5-6H,3-4H2,1-2H3,(H,17,18). The predicted molar refractivity (Wildman–Crippen MR) is 79.5 cm³/mol. The maximum absolute atomic E-state index is 12.3. The number of halogens is 2. The Bertz CT molecular complexity index is 720. The SMILES string of the molecule is CC(C)(C#N)CCS(=O)(=O)c1cc(C(=O)O)c(Cl)cc1Cl. The summed E-state index contributed by atoms with van der Waals surface area (Å²) in [4.78, 5) is 10.7. The lowest BCUT2D eigenvalue weighted by atomic mass is 9.93. The summed E-state index contributed by atoms with van der Waals surface area (Å²) in [5, 5.41) is 17.6. The summed E-state index contributed by atoms with van der Waals surface area (Å²) in [6, 6.07) is 4.04. The number of nitrogens with zero attached hydrogens (tertiary/aromatic N) is 1. The van der Waals surface area contributed by atoms with Crippen molar-refractivity contribution in [3.63, 3.8) is 0 Å². The van der Waals surface area contributed by atoms with Crippen LogP contribution in [0.4, 0.5) is 0 Å². The van der Waals surface area contributed by atoms with Crippen molar-refractivity contribution in [2.75, 3.05) is 5.75 Å². The number of nitriles is 1. The number of carboxylic acid groups (broad SMARTS) is 1. The van der Waals surface area contributed by atoms with Gasteiger partial charge >= 0.3 is 5.97 Å². The smallest absolute Gasteiger partial charge is 0.337 e. The molecule has 0 saturated heterocycles. The van der Waals surface area contributed by atoms with E-state index in [1.54, 1.807) is 13.8 Å². The lowest BCUT2D eigenvalue weighted by Gasteiger charge is -2.15. The number of benzene rings is 1. The molecule has 0 aliphatic carbocycles. The Morgan fingerprint density at radius 3 is 2.38 bits per heavy atom. The highest BCUT2D eigenvalue weighted by molar-refractivity contribution is 7.91. The zero-order valence-corrected chi connectivity index (χ0v) is 13.7. The van der Waals surface area contributed by atoms with Crippen molar-refractivity contribution in [1.29, 1.82) is 5.26 Å². The Labute approximate surface area is 133 Å². The molecule has 0 aromatic heterocycles. The molecule has 1 rings (SSSR count). The maximum Gasteiger partial charge on any atom is 0.337 e. The summed E-state index contributed by atoms with van der Waals surface area (Å²) in [6.45, 7) is 3.24. The molecule has 0 atom stereocenters. The minimum atomic E-state index is -3.81. The third kappa shape index (κ3) is 4.34. The molecule has 1 aromatic rings. The van der Waals surface area contributed by atoms with E-state index >= 15 is 0 Å². The van der Waals surface area contributed by atoms with E-state index in [0.29, 0.717) is 0 Å². The molecule has 0 heterocycles. The van der Waals surface area contributed by atoms with Gasteiger partial charge in [0, 0.05) is 0 Å². The van der Waals surface area contributed by atoms with Gasteiger partial charge in [0.15, 0.2) is 9.84 Å². The first-order valence-corrected chi connectivity index (χ1v) is 8.27. The van der Waals surface area contributed by atoms with Crippen LogP contribution in [0.3, 0.4) is 0 Å². The van der Waals surface area contributed by atoms with Crippen LogP contribution in [-0.4, -0.2) is 25.2 Å².